The standard InChI is InChI=1S/C15H33N.C6H12.C2H6/c1-4-7-8-9-10-11-12-15-16(13-5-2)14-6-3;1-4-5-6(2)3;1-2/h4-15H2,1-3H3;2,4-5H2,1,3H3;1-2H3. The third kappa shape index (κ3) is 29.7. The maximum Gasteiger partial charge on any atom is -0.00187 e. The van der Waals surface area contributed by atoms with Gasteiger partial charge in [0.15, 0.2) is 0 Å². The molecule has 0 saturated carbocycles. The SMILES string of the molecule is C=C(C)CCC.CC.CCCCCCCCCN(CCC)CCC. The topological polar surface area (TPSA) is 3.24 Å². The van der Waals surface area contributed by atoms with Gasteiger partial charge in [0.2, 0.25) is 0 Å². The van der Waals surface area contributed by atoms with Crippen molar-refractivity contribution < 1.29 is 0 Å². The Morgan fingerprint density at radius 3 is 1.42 bits per heavy atom. The lowest BCUT2D eigenvalue weighted by Crippen LogP contribution is -2.26. The largest absolute Gasteiger partial charge is 0.303 e. The van der Waals surface area contributed by atoms with E-state index in [9.17, 15) is 0 Å². The molecule has 0 radical (unpaired) electrons. The molecule has 1 nitrogen and oxygen atoms in total. The fourth-order valence-electron chi connectivity index (χ4n) is 2.69. The van der Waals surface area contributed by atoms with E-state index in [0.717, 1.165) is 0 Å². The highest BCUT2D eigenvalue weighted by molar-refractivity contribution is 4.86. The van der Waals surface area contributed by atoms with E-state index in [1.807, 2.05) is 13.8 Å². The van der Waals surface area contributed by atoms with Gasteiger partial charge in [-0.05, 0) is 52.2 Å². The molecule has 0 aromatic carbocycles. The lowest BCUT2D eigenvalue weighted by atomic mass is 10.1. The Kier molecular flexibility index (Phi) is 32.7. The third-order valence-electron chi connectivity index (χ3n) is 3.83. The van der Waals surface area contributed by atoms with Gasteiger partial charge in [-0.25, -0.2) is 0 Å². The van der Waals surface area contributed by atoms with Crippen LogP contribution in [0.4, 0.5) is 0 Å². The average Bonchev–Trinajstić information content (AvgIpc) is 2.56. The monoisotopic (exact) mass is 341 g/mol. The molecule has 1 heteroatoms. The fraction of sp³-hybridized carbons (Fsp3) is 0.913. The summed E-state index contributed by atoms with van der Waals surface area (Å²) in [5.41, 5.74) is 1.29. The molecule has 0 spiro atoms. The van der Waals surface area contributed by atoms with Crippen LogP contribution >= 0.6 is 0 Å². The van der Waals surface area contributed by atoms with Crippen LogP contribution in [0.1, 0.15) is 119 Å². The molecule has 0 bridgehead atoms. The summed E-state index contributed by atoms with van der Waals surface area (Å²) < 4.78 is 0. The maximum atomic E-state index is 3.74. The highest BCUT2D eigenvalue weighted by atomic mass is 15.1. The van der Waals surface area contributed by atoms with E-state index < -0.39 is 0 Å². The molecule has 0 saturated heterocycles. The van der Waals surface area contributed by atoms with Crippen molar-refractivity contribution in [2.45, 2.75) is 119 Å². The van der Waals surface area contributed by atoms with Crippen LogP contribution in [0.2, 0.25) is 0 Å². The van der Waals surface area contributed by atoms with Crippen molar-refractivity contribution in [1.82, 2.24) is 4.90 Å². The van der Waals surface area contributed by atoms with Crippen LogP contribution in [0.15, 0.2) is 12.2 Å². The van der Waals surface area contributed by atoms with Crippen LogP contribution in [0.5, 0.6) is 0 Å². The second-order valence-corrected chi connectivity index (χ2v) is 6.67. The molecule has 0 aliphatic carbocycles. The van der Waals surface area contributed by atoms with Gasteiger partial charge >= 0.3 is 0 Å². The van der Waals surface area contributed by atoms with Crippen LogP contribution < -0.4 is 0 Å². The number of nitrogens with zero attached hydrogens (tertiary/aromatic N) is 1. The zero-order valence-electron chi connectivity index (χ0n) is 18.6. The number of allylic oxidation sites excluding steroid dienone is 1. The summed E-state index contributed by atoms with van der Waals surface area (Å²) in [6, 6.07) is 0. The summed E-state index contributed by atoms with van der Waals surface area (Å²) in [6.07, 6.45) is 15.0. The van der Waals surface area contributed by atoms with Gasteiger partial charge in [0, 0.05) is 0 Å². The van der Waals surface area contributed by atoms with Gasteiger partial charge in [-0.15, -0.1) is 6.58 Å². The van der Waals surface area contributed by atoms with Gasteiger partial charge in [-0.2, -0.15) is 0 Å². The summed E-state index contributed by atoms with van der Waals surface area (Å²) in [6.45, 7) is 22.7. The Balaban J connectivity index is -0.000000462. The van der Waals surface area contributed by atoms with Crippen molar-refractivity contribution in [3.8, 4) is 0 Å². The lowest BCUT2D eigenvalue weighted by molar-refractivity contribution is 0.267. The highest BCUT2D eigenvalue weighted by Gasteiger charge is 2.01. The molecule has 0 aromatic rings. The summed E-state index contributed by atoms with van der Waals surface area (Å²) in [5.74, 6) is 0. The van der Waals surface area contributed by atoms with Crippen LogP contribution in [0.3, 0.4) is 0 Å². The van der Waals surface area contributed by atoms with Crippen LogP contribution in [-0.2, 0) is 0 Å². The van der Waals surface area contributed by atoms with Gasteiger partial charge < -0.3 is 4.90 Å². The Labute approximate surface area is 156 Å². The number of hydrogen-bond donors (Lipinski definition) is 0. The zero-order chi connectivity index (χ0) is 19.1. The Morgan fingerprint density at radius 1 is 0.625 bits per heavy atom. The first-order chi connectivity index (χ1) is 11.6. The van der Waals surface area contributed by atoms with Crippen molar-refractivity contribution >= 4 is 0 Å². The first-order valence-electron chi connectivity index (χ1n) is 11.0. The molecule has 0 fully saturated rings. The Bertz CT molecular complexity index is 204. The normalized spacial score (nSPS) is 9.83. The van der Waals surface area contributed by atoms with E-state index in [0.29, 0.717) is 0 Å². The third-order valence-corrected chi connectivity index (χ3v) is 3.83. The highest BCUT2D eigenvalue weighted by Crippen LogP contribution is 2.08. The van der Waals surface area contributed by atoms with Crippen molar-refractivity contribution in [2.75, 3.05) is 19.6 Å². The van der Waals surface area contributed by atoms with Crippen molar-refractivity contribution in [3.63, 3.8) is 0 Å². The van der Waals surface area contributed by atoms with E-state index in [4.69, 9.17) is 0 Å². The van der Waals surface area contributed by atoms with E-state index >= 15 is 0 Å². The van der Waals surface area contributed by atoms with Crippen molar-refractivity contribution in [1.29, 1.82) is 0 Å². The second-order valence-electron chi connectivity index (χ2n) is 6.67. The van der Waals surface area contributed by atoms with Crippen LogP contribution in [0.25, 0.3) is 0 Å². The van der Waals surface area contributed by atoms with Crippen LogP contribution in [0, 0.1) is 0 Å². The summed E-state index contributed by atoms with van der Waals surface area (Å²) >= 11 is 0. The van der Waals surface area contributed by atoms with Gasteiger partial charge in [-0.1, -0.05) is 92.1 Å². The zero-order valence-corrected chi connectivity index (χ0v) is 18.6. The number of unbranched alkanes of at least 4 members (excludes halogenated alkanes) is 6. The molecule has 0 aromatic heterocycles. The van der Waals surface area contributed by atoms with Crippen molar-refractivity contribution in [3.05, 3.63) is 12.2 Å². The molecule has 0 unspecified atom stereocenters. The molecular formula is C23H51N. The summed E-state index contributed by atoms with van der Waals surface area (Å²) in [4.78, 5) is 2.63. The van der Waals surface area contributed by atoms with Crippen LogP contribution in [-0.4, -0.2) is 24.5 Å². The lowest BCUT2D eigenvalue weighted by Gasteiger charge is -2.20. The first-order valence-corrected chi connectivity index (χ1v) is 11.0. The molecule has 0 heterocycles. The van der Waals surface area contributed by atoms with Gasteiger partial charge in [0.05, 0.1) is 0 Å². The van der Waals surface area contributed by atoms with Gasteiger partial charge in [0.1, 0.15) is 0 Å². The fourth-order valence-corrected chi connectivity index (χ4v) is 2.69. The minimum Gasteiger partial charge on any atom is -0.303 e. The average molecular weight is 342 g/mol. The van der Waals surface area contributed by atoms with Gasteiger partial charge in [-0.3, -0.25) is 0 Å². The molecule has 0 rings (SSSR count). The molecular weight excluding hydrogens is 290 g/mol. The van der Waals surface area contributed by atoms with E-state index in [-0.39, 0.29) is 0 Å². The molecule has 0 amide bonds. The minimum atomic E-state index is 1.18. The number of hydrogen-bond acceptors (Lipinski definition) is 1. The minimum absolute atomic E-state index is 1.18. The molecule has 24 heavy (non-hydrogen) atoms. The van der Waals surface area contributed by atoms with E-state index in [1.54, 1.807) is 0 Å². The predicted octanol–water partition coefficient (Wildman–Crippen LogP) is 8.25. The molecule has 0 aliphatic rings. The van der Waals surface area contributed by atoms with Gasteiger partial charge in [0.25, 0.3) is 0 Å². The molecule has 0 N–H and O–H groups in total. The molecule has 0 aliphatic heterocycles. The first kappa shape index (κ1) is 28.5. The van der Waals surface area contributed by atoms with E-state index in [2.05, 4.69) is 46.1 Å². The molecule has 0 atom stereocenters. The Morgan fingerprint density at radius 2 is 1.08 bits per heavy atom. The molecule has 148 valence electrons. The second kappa shape index (κ2) is 27.5. The predicted molar refractivity (Wildman–Crippen MR) is 116 cm³/mol. The summed E-state index contributed by atoms with van der Waals surface area (Å²) in [5, 5.41) is 0. The van der Waals surface area contributed by atoms with E-state index in [1.165, 1.54) is 95.8 Å². The van der Waals surface area contributed by atoms with Crippen molar-refractivity contribution in [2.24, 2.45) is 0 Å². The summed E-state index contributed by atoms with van der Waals surface area (Å²) in [7, 11) is 0. The quantitative estimate of drug-likeness (QED) is 0.227. The number of rotatable bonds is 14. The smallest absolute Gasteiger partial charge is 0.00187 e. The Hall–Kier alpha value is -0.300. The maximum absolute atomic E-state index is 3.74.